The summed E-state index contributed by atoms with van der Waals surface area (Å²) in [5.41, 5.74) is 0. The molecule has 0 aromatic carbocycles. The molecule has 1 aliphatic heterocycles. The molecular formula is C26H54NO4P. The molecule has 1 atom stereocenters. The van der Waals surface area contributed by atoms with Crippen LogP contribution in [0.1, 0.15) is 136 Å². The number of hydrogen-bond acceptors (Lipinski definition) is 4. The van der Waals surface area contributed by atoms with Gasteiger partial charge in [0.2, 0.25) is 0 Å². The van der Waals surface area contributed by atoms with Crippen molar-refractivity contribution in [2.24, 2.45) is 0 Å². The second-order valence-corrected chi connectivity index (χ2v) is 11.4. The smallest absolute Gasteiger partial charge is 0.302 e. The average molecular weight is 476 g/mol. The van der Waals surface area contributed by atoms with E-state index in [2.05, 4.69) is 25.7 Å². The molecule has 0 aromatic rings. The Balaban J connectivity index is 1.85. The van der Waals surface area contributed by atoms with Gasteiger partial charge < -0.3 is 9.79 Å². The third-order valence-electron chi connectivity index (χ3n) is 6.74. The van der Waals surface area contributed by atoms with E-state index in [-0.39, 0.29) is 6.10 Å². The fourth-order valence-electron chi connectivity index (χ4n) is 4.55. The third kappa shape index (κ3) is 16.6. The molecule has 0 aliphatic carbocycles. The second-order valence-electron chi connectivity index (χ2n) is 10.0. The lowest BCUT2D eigenvalue weighted by Crippen LogP contribution is -2.40. The van der Waals surface area contributed by atoms with Crippen molar-refractivity contribution in [3.63, 3.8) is 0 Å². The van der Waals surface area contributed by atoms with E-state index in [9.17, 15) is 9.46 Å². The van der Waals surface area contributed by atoms with Crippen LogP contribution in [0.15, 0.2) is 0 Å². The van der Waals surface area contributed by atoms with E-state index >= 15 is 0 Å². The Morgan fingerprint density at radius 3 is 1.59 bits per heavy atom. The normalized spacial score (nSPS) is 17.8. The molecule has 0 spiro atoms. The van der Waals surface area contributed by atoms with Crippen LogP contribution >= 0.6 is 7.82 Å². The quantitative estimate of drug-likeness (QED) is 0.134. The summed E-state index contributed by atoms with van der Waals surface area (Å²) in [5.74, 6) is 0. The number of rotatable bonds is 21. The topological polar surface area (TPSA) is 59.0 Å². The van der Waals surface area contributed by atoms with Gasteiger partial charge in [0, 0.05) is 19.1 Å². The van der Waals surface area contributed by atoms with E-state index in [0.717, 1.165) is 38.8 Å². The van der Waals surface area contributed by atoms with E-state index in [1.807, 2.05) is 0 Å². The molecule has 0 radical (unpaired) electrons. The predicted octanol–water partition coefficient (Wildman–Crippen LogP) is 8.25. The summed E-state index contributed by atoms with van der Waals surface area (Å²) < 4.78 is 22.8. The number of phosphoric acid groups is 1. The highest BCUT2D eigenvalue weighted by Gasteiger charge is 2.29. The van der Waals surface area contributed by atoms with E-state index in [4.69, 9.17) is 9.05 Å². The number of unbranched alkanes of at least 4 members (excludes halogenated alkanes) is 15. The Morgan fingerprint density at radius 1 is 0.781 bits per heavy atom. The fourth-order valence-corrected chi connectivity index (χ4v) is 5.55. The van der Waals surface area contributed by atoms with Crippen LogP contribution in [0, 0.1) is 0 Å². The Morgan fingerprint density at radius 2 is 1.19 bits per heavy atom. The minimum absolute atomic E-state index is 0.161. The lowest BCUT2D eigenvalue weighted by Gasteiger charge is -2.34. The minimum atomic E-state index is -3.91. The van der Waals surface area contributed by atoms with Crippen molar-refractivity contribution < 1.29 is 18.5 Å². The van der Waals surface area contributed by atoms with Crippen molar-refractivity contribution in [3.05, 3.63) is 0 Å². The van der Waals surface area contributed by atoms with Gasteiger partial charge in [0.05, 0.1) is 12.7 Å². The predicted molar refractivity (Wildman–Crippen MR) is 136 cm³/mol. The summed E-state index contributed by atoms with van der Waals surface area (Å²) in [6.07, 6.45) is 22.5. The third-order valence-corrected chi connectivity index (χ3v) is 7.81. The summed E-state index contributed by atoms with van der Waals surface area (Å²) in [6, 6.07) is 0.517. The highest BCUT2D eigenvalue weighted by molar-refractivity contribution is 7.47. The van der Waals surface area contributed by atoms with E-state index in [0.29, 0.717) is 12.6 Å². The van der Waals surface area contributed by atoms with Gasteiger partial charge >= 0.3 is 7.82 Å². The molecule has 0 amide bonds. The van der Waals surface area contributed by atoms with Crippen LogP contribution in [0.4, 0.5) is 0 Å². The number of likely N-dealkylation sites (tertiary alicyclic amines) is 1. The molecule has 0 bridgehead atoms. The maximum absolute atomic E-state index is 12.2. The van der Waals surface area contributed by atoms with Gasteiger partial charge in [-0.2, -0.15) is 0 Å². The van der Waals surface area contributed by atoms with Gasteiger partial charge in [-0.15, -0.1) is 0 Å². The van der Waals surface area contributed by atoms with Gasteiger partial charge in [-0.3, -0.25) is 9.05 Å². The molecule has 192 valence electrons. The Labute approximate surface area is 199 Å². The first kappa shape index (κ1) is 30.1. The molecule has 1 unspecified atom stereocenters. The van der Waals surface area contributed by atoms with Crippen LogP contribution < -0.4 is 0 Å². The van der Waals surface area contributed by atoms with Gasteiger partial charge in [0.25, 0.3) is 0 Å². The number of piperidine rings is 1. The molecule has 6 heteroatoms. The molecule has 1 rings (SSSR count). The first-order valence-electron chi connectivity index (χ1n) is 13.8. The van der Waals surface area contributed by atoms with Crippen LogP contribution in [0.3, 0.4) is 0 Å². The van der Waals surface area contributed by atoms with Crippen LogP contribution in [0.2, 0.25) is 0 Å². The molecule has 32 heavy (non-hydrogen) atoms. The summed E-state index contributed by atoms with van der Waals surface area (Å²) in [4.78, 5) is 12.3. The Kier molecular flexibility index (Phi) is 18.2. The van der Waals surface area contributed by atoms with Crippen molar-refractivity contribution >= 4 is 7.82 Å². The zero-order valence-corrected chi connectivity index (χ0v) is 22.5. The van der Waals surface area contributed by atoms with Gasteiger partial charge in [-0.05, 0) is 33.1 Å². The maximum Gasteiger partial charge on any atom is 0.472 e. The van der Waals surface area contributed by atoms with Crippen LogP contribution in [-0.4, -0.2) is 41.6 Å². The number of nitrogens with zero attached hydrogens (tertiary/aromatic N) is 1. The Bertz CT molecular complexity index is 467. The average Bonchev–Trinajstić information content (AvgIpc) is 2.76. The standard InChI is InChI=1S/C26H54NO4P/c1-4-5-6-7-8-9-10-11-12-13-14-15-16-17-18-19-24-30-32(28,29)31-26-20-22-27(23-21-26)25(2)3/h25-26H,4-24H2,1-3H3,(H,28,29). The SMILES string of the molecule is CCCCCCCCCCCCCCCCCCOP(=O)(O)OC1CCN(C(C)C)CC1. The molecule has 1 N–H and O–H groups in total. The summed E-state index contributed by atoms with van der Waals surface area (Å²) in [7, 11) is -3.91. The van der Waals surface area contributed by atoms with Gasteiger partial charge in [0.1, 0.15) is 0 Å². The zero-order chi connectivity index (χ0) is 23.5. The number of hydrogen-bond donors (Lipinski definition) is 1. The molecule has 1 fully saturated rings. The highest BCUT2D eigenvalue weighted by Crippen LogP contribution is 2.46. The lowest BCUT2D eigenvalue weighted by molar-refractivity contribution is 0.0489. The van der Waals surface area contributed by atoms with Crippen molar-refractivity contribution in [3.8, 4) is 0 Å². The van der Waals surface area contributed by atoms with Crippen molar-refractivity contribution in [2.45, 2.75) is 148 Å². The van der Waals surface area contributed by atoms with Crippen LogP contribution in [0.25, 0.3) is 0 Å². The van der Waals surface area contributed by atoms with Crippen LogP contribution in [0.5, 0.6) is 0 Å². The Hall–Kier alpha value is 0.0700. The van der Waals surface area contributed by atoms with E-state index in [1.54, 1.807) is 0 Å². The molecule has 5 nitrogen and oxygen atoms in total. The molecule has 1 aliphatic rings. The summed E-state index contributed by atoms with van der Waals surface area (Å²) in [5, 5.41) is 0. The first-order valence-corrected chi connectivity index (χ1v) is 15.3. The number of phosphoric ester groups is 1. The summed E-state index contributed by atoms with van der Waals surface area (Å²) in [6.45, 7) is 8.79. The van der Waals surface area contributed by atoms with E-state index < -0.39 is 7.82 Å². The first-order chi connectivity index (χ1) is 15.4. The monoisotopic (exact) mass is 475 g/mol. The van der Waals surface area contributed by atoms with Gasteiger partial charge in [0.15, 0.2) is 0 Å². The zero-order valence-electron chi connectivity index (χ0n) is 21.6. The van der Waals surface area contributed by atoms with Crippen molar-refractivity contribution in [2.75, 3.05) is 19.7 Å². The molecular weight excluding hydrogens is 421 g/mol. The van der Waals surface area contributed by atoms with E-state index in [1.165, 1.54) is 89.9 Å². The molecule has 0 saturated carbocycles. The minimum Gasteiger partial charge on any atom is -0.302 e. The van der Waals surface area contributed by atoms with Crippen LogP contribution in [-0.2, 0) is 13.6 Å². The van der Waals surface area contributed by atoms with Gasteiger partial charge in [-0.25, -0.2) is 4.57 Å². The summed E-state index contributed by atoms with van der Waals surface area (Å²) >= 11 is 0. The molecule has 1 saturated heterocycles. The second kappa shape index (κ2) is 19.4. The van der Waals surface area contributed by atoms with Crippen molar-refractivity contribution in [1.82, 2.24) is 4.90 Å². The van der Waals surface area contributed by atoms with Crippen molar-refractivity contribution in [1.29, 1.82) is 0 Å². The van der Waals surface area contributed by atoms with Gasteiger partial charge in [-0.1, -0.05) is 103 Å². The molecule has 0 aromatic heterocycles. The fraction of sp³-hybridized carbons (Fsp3) is 1.00. The lowest BCUT2D eigenvalue weighted by atomic mass is 10.0. The largest absolute Gasteiger partial charge is 0.472 e. The highest BCUT2D eigenvalue weighted by atomic mass is 31.2. The molecule has 1 heterocycles. The maximum atomic E-state index is 12.2.